The fourth-order valence-electron chi connectivity index (χ4n) is 2.76. The first-order valence-electron chi connectivity index (χ1n) is 7.45. The first kappa shape index (κ1) is 17.6. The second kappa shape index (κ2) is 6.59. The van der Waals surface area contributed by atoms with E-state index < -0.39 is 20.7 Å². The smallest absolute Gasteiger partial charge is 0.240 e. The number of thiocarbonyl (C=S) groups is 1. The number of rotatable bonds is 3. The maximum absolute atomic E-state index is 14.0. The Morgan fingerprint density at radius 3 is 2.64 bits per heavy atom. The molecule has 0 saturated carbocycles. The van der Waals surface area contributed by atoms with Gasteiger partial charge >= 0.3 is 0 Å². The number of hydrogen-bond donors (Lipinski definition) is 1. The number of aryl methyl sites for hydroxylation is 1. The number of nitrogens with two attached hydrogens (primary N) is 1. The molecule has 3 rings (SSSR count). The maximum atomic E-state index is 14.0. The van der Waals surface area contributed by atoms with Gasteiger partial charge in [0, 0.05) is 22.7 Å². The Labute approximate surface area is 151 Å². The zero-order chi connectivity index (χ0) is 18.2. The van der Waals surface area contributed by atoms with Gasteiger partial charge in [-0.15, -0.1) is 0 Å². The van der Waals surface area contributed by atoms with Crippen LogP contribution in [-0.4, -0.2) is 18.3 Å². The lowest BCUT2D eigenvalue weighted by Gasteiger charge is -2.19. The highest BCUT2D eigenvalue weighted by atomic mass is 32.2. The molecule has 25 heavy (non-hydrogen) atoms. The van der Waals surface area contributed by atoms with Crippen LogP contribution in [0.25, 0.3) is 5.57 Å². The molecule has 7 heteroatoms. The van der Waals surface area contributed by atoms with E-state index in [1.807, 2.05) is 31.2 Å². The van der Waals surface area contributed by atoms with Crippen LogP contribution in [0.1, 0.15) is 22.7 Å². The Kier molecular flexibility index (Phi) is 4.64. The molecule has 1 aliphatic rings. The van der Waals surface area contributed by atoms with Gasteiger partial charge in [-0.25, -0.2) is 17.9 Å². The zero-order valence-corrected chi connectivity index (χ0v) is 14.9. The summed E-state index contributed by atoms with van der Waals surface area (Å²) in [6.07, 6.45) is 7.30. The van der Waals surface area contributed by atoms with Crippen molar-refractivity contribution in [2.75, 3.05) is 0 Å². The minimum Gasteiger partial charge on any atom is -0.261 e. The van der Waals surface area contributed by atoms with Crippen molar-refractivity contribution >= 4 is 32.7 Å². The third kappa shape index (κ3) is 3.58. The number of hydrogen-bond acceptors (Lipinski definition) is 4. The molecule has 0 bridgehead atoms. The number of primary sulfonamides is 1. The van der Waals surface area contributed by atoms with Gasteiger partial charge in [-0.1, -0.05) is 36.5 Å². The van der Waals surface area contributed by atoms with Crippen molar-refractivity contribution in [1.29, 1.82) is 0 Å². The Balaban J connectivity index is 1.93. The van der Waals surface area contributed by atoms with E-state index in [1.165, 1.54) is 6.07 Å². The number of halogens is 1. The molecular formula is C18H15FN2O2S2. The third-order valence-electron chi connectivity index (χ3n) is 4.03. The van der Waals surface area contributed by atoms with Crippen LogP contribution in [0.3, 0.4) is 0 Å². The molecule has 0 saturated heterocycles. The summed E-state index contributed by atoms with van der Waals surface area (Å²) in [5.74, 6) is -0.952. The predicted molar refractivity (Wildman–Crippen MR) is 99.2 cm³/mol. The minimum atomic E-state index is -4.09. The molecule has 4 nitrogen and oxygen atoms in total. The molecule has 1 aliphatic carbocycles. The largest absolute Gasteiger partial charge is 0.261 e. The summed E-state index contributed by atoms with van der Waals surface area (Å²) in [5.41, 5.74) is 3.17. The van der Waals surface area contributed by atoms with Crippen LogP contribution in [0.5, 0.6) is 0 Å². The SMILES string of the molecule is Cc1ncccc1C1C=CC(c2ccc(S(N)(=O)=O)c(F)c2)=CC1=S. The molecule has 0 aliphatic heterocycles. The van der Waals surface area contributed by atoms with Gasteiger partial charge in [-0.2, -0.15) is 0 Å². The highest BCUT2D eigenvalue weighted by Gasteiger charge is 2.20. The van der Waals surface area contributed by atoms with E-state index in [2.05, 4.69) is 4.98 Å². The third-order valence-corrected chi connectivity index (χ3v) is 5.34. The molecule has 0 fully saturated rings. The van der Waals surface area contributed by atoms with Crippen molar-refractivity contribution < 1.29 is 12.8 Å². The molecular weight excluding hydrogens is 359 g/mol. The van der Waals surface area contributed by atoms with Gasteiger partial charge in [0.2, 0.25) is 10.0 Å². The number of allylic oxidation sites excluding steroid dienone is 4. The van der Waals surface area contributed by atoms with Crippen LogP contribution in [0.15, 0.2) is 59.7 Å². The van der Waals surface area contributed by atoms with Crippen LogP contribution in [0.2, 0.25) is 0 Å². The molecule has 2 N–H and O–H groups in total. The number of nitrogens with zero attached hydrogens (tertiary/aromatic N) is 1. The molecule has 1 unspecified atom stereocenters. The Bertz CT molecular complexity index is 1030. The summed E-state index contributed by atoms with van der Waals surface area (Å²) >= 11 is 5.50. The van der Waals surface area contributed by atoms with Gasteiger partial charge in [0.15, 0.2) is 0 Å². The molecule has 1 heterocycles. The summed E-state index contributed by atoms with van der Waals surface area (Å²) in [6, 6.07) is 7.66. The average Bonchev–Trinajstić information content (AvgIpc) is 2.54. The molecule has 2 aromatic rings. The summed E-state index contributed by atoms with van der Waals surface area (Å²) in [7, 11) is -4.09. The van der Waals surface area contributed by atoms with E-state index in [-0.39, 0.29) is 5.92 Å². The fourth-order valence-corrected chi connectivity index (χ4v) is 3.68. The predicted octanol–water partition coefficient (Wildman–Crippen LogP) is 3.28. The second-order valence-electron chi connectivity index (χ2n) is 5.71. The summed E-state index contributed by atoms with van der Waals surface area (Å²) in [6.45, 7) is 1.92. The van der Waals surface area contributed by atoms with Crippen molar-refractivity contribution in [3.63, 3.8) is 0 Å². The van der Waals surface area contributed by atoms with Crippen molar-refractivity contribution in [1.82, 2.24) is 4.98 Å². The van der Waals surface area contributed by atoms with Gasteiger partial charge in [-0.3, -0.25) is 4.98 Å². The molecule has 0 radical (unpaired) electrons. The Hall–Kier alpha value is -2.22. The summed E-state index contributed by atoms with van der Waals surface area (Å²) in [5, 5.41) is 4.98. The highest BCUT2D eigenvalue weighted by molar-refractivity contribution is 7.89. The van der Waals surface area contributed by atoms with E-state index in [4.69, 9.17) is 17.4 Å². The molecule has 0 spiro atoms. The van der Waals surface area contributed by atoms with Crippen molar-refractivity contribution in [2.24, 2.45) is 5.14 Å². The van der Waals surface area contributed by atoms with Gasteiger partial charge in [-0.05, 0) is 47.9 Å². The quantitative estimate of drug-likeness (QED) is 0.837. The molecule has 128 valence electrons. The van der Waals surface area contributed by atoms with Crippen LogP contribution >= 0.6 is 12.2 Å². The van der Waals surface area contributed by atoms with Crippen LogP contribution < -0.4 is 5.14 Å². The van der Waals surface area contributed by atoms with E-state index >= 15 is 0 Å². The number of benzene rings is 1. The highest BCUT2D eigenvalue weighted by Crippen LogP contribution is 2.31. The van der Waals surface area contributed by atoms with Crippen LogP contribution in [0, 0.1) is 12.7 Å². The zero-order valence-electron chi connectivity index (χ0n) is 13.3. The standard InChI is InChI=1S/C18H15FN2O2S2/c1-11-14(3-2-8-21-11)15-6-4-13(10-17(15)24)12-5-7-18(16(19)9-12)25(20,22)23/h2-10,15H,1H3,(H2,20,22,23). The second-order valence-corrected chi connectivity index (χ2v) is 7.71. The Morgan fingerprint density at radius 2 is 2.04 bits per heavy atom. The minimum absolute atomic E-state index is 0.0685. The Morgan fingerprint density at radius 1 is 1.28 bits per heavy atom. The van der Waals surface area contributed by atoms with Crippen molar-refractivity contribution in [3.8, 4) is 0 Å². The van der Waals surface area contributed by atoms with Crippen molar-refractivity contribution in [3.05, 3.63) is 77.4 Å². The van der Waals surface area contributed by atoms with Gasteiger partial charge in [0.1, 0.15) is 10.7 Å². The first-order valence-corrected chi connectivity index (χ1v) is 9.41. The topological polar surface area (TPSA) is 73.0 Å². The fraction of sp³-hybridized carbons (Fsp3) is 0.111. The lowest BCUT2D eigenvalue weighted by molar-refractivity contribution is 0.568. The number of aromatic nitrogens is 1. The maximum Gasteiger partial charge on any atom is 0.240 e. The van der Waals surface area contributed by atoms with E-state index in [0.717, 1.165) is 23.4 Å². The molecule has 1 aromatic heterocycles. The summed E-state index contributed by atoms with van der Waals surface area (Å²) < 4.78 is 36.7. The average molecular weight is 374 g/mol. The van der Waals surface area contributed by atoms with Gasteiger partial charge < -0.3 is 0 Å². The number of pyridine rings is 1. The van der Waals surface area contributed by atoms with Gasteiger partial charge in [0.05, 0.1) is 0 Å². The van der Waals surface area contributed by atoms with Crippen molar-refractivity contribution in [2.45, 2.75) is 17.7 Å². The first-order chi connectivity index (χ1) is 11.8. The van der Waals surface area contributed by atoms with E-state index in [9.17, 15) is 12.8 Å². The van der Waals surface area contributed by atoms with Gasteiger partial charge in [0.25, 0.3) is 0 Å². The normalized spacial score (nSPS) is 17.5. The monoisotopic (exact) mass is 374 g/mol. The molecule has 0 amide bonds. The number of sulfonamides is 1. The summed E-state index contributed by atoms with van der Waals surface area (Å²) in [4.78, 5) is 4.44. The van der Waals surface area contributed by atoms with Crippen LogP contribution in [-0.2, 0) is 10.0 Å². The lowest BCUT2D eigenvalue weighted by Crippen LogP contribution is -2.14. The van der Waals surface area contributed by atoms with Crippen LogP contribution in [0.4, 0.5) is 4.39 Å². The van der Waals surface area contributed by atoms with E-state index in [1.54, 1.807) is 12.3 Å². The molecule has 1 aromatic carbocycles. The van der Waals surface area contributed by atoms with E-state index in [0.29, 0.717) is 16.0 Å². The lowest BCUT2D eigenvalue weighted by atomic mass is 9.87. The molecule has 1 atom stereocenters.